The van der Waals surface area contributed by atoms with Gasteiger partial charge in [-0.15, -0.1) is 0 Å². The fourth-order valence-corrected chi connectivity index (χ4v) is 1.75. The van der Waals surface area contributed by atoms with Gasteiger partial charge in [0.25, 0.3) is 0 Å². The fraction of sp³-hybridized carbons (Fsp3) is 0.529. The zero-order chi connectivity index (χ0) is 18.5. The number of nitrogens with one attached hydrogen (secondary N) is 1. The average Bonchev–Trinajstić information content (AvgIpc) is 2.33. The molecular weight excluding hydrogens is 310 g/mol. The van der Waals surface area contributed by atoms with Gasteiger partial charge in [0.1, 0.15) is 11.2 Å². The molecule has 7 nitrogen and oxygen atoms in total. The predicted octanol–water partition coefficient (Wildman–Crippen LogP) is 3.45. The van der Waals surface area contributed by atoms with E-state index in [0.29, 0.717) is 5.69 Å². The number of nitrogen functional groups attached to an aromatic ring is 1. The minimum absolute atomic E-state index is 0.0964. The number of hydrogen-bond donors (Lipinski definition) is 2. The highest BCUT2D eigenvalue weighted by Crippen LogP contribution is 2.14. The molecule has 3 N–H and O–H groups in total. The van der Waals surface area contributed by atoms with Gasteiger partial charge in [-0.2, -0.15) is 0 Å². The number of nitrogens with zero attached hydrogens (tertiary/aromatic N) is 1. The summed E-state index contributed by atoms with van der Waals surface area (Å²) in [6, 6.07) is 7.02. The maximum absolute atomic E-state index is 12.4. The van der Waals surface area contributed by atoms with Crippen molar-refractivity contribution in [3.63, 3.8) is 0 Å². The van der Waals surface area contributed by atoms with Crippen molar-refractivity contribution in [2.75, 3.05) is 5.73 Å². The number of anilines is 1. The van der Waals surface area contributed by atoms with Crippen LogP contribution in [0.1, 0.15) is 47.1 Å². The Morgan fingerprint density at radius 1 is 1.08 bits per heavy atom. The Kier molecular flexibility index (Phi) is 6.06. The maximum atomic E-state index is 12.4. The maximum Gasteiger partial charge on any atom is 0.429 e. The predicted molar refractivity (Wildman–Crippen MR) is 92.0 cm³/mol. The van der Waals surface area contributed by atoms with Crippen LogP contribution in [0.25, 0.3) is 0 Å². The number of hydrogen-bond acceptors (Lipinski definition) is 5. The van der Waals surface area contributed by atoms with Crippen molar-refractivity contribution < 1.29 is 19.1 Å². The van der Waals surface area contributed by atoms with Gasteiger partial charge in [-0.3, -0.25) is 0 Å². The summed E-state index contributed by atoms with van der Waals surface area (Å²) >= 11 is 0. The molecule has 1 rings (SSSR count). The van der Waals surface area contributed by atoms with Crippen molar-refractivity contribution in [2.24, 2.45) is 0 Å². The van der Waals surface area contributed by atoms with E-state index in [-0.39, 0.29) is 6.54 Å². The lowest BCUT2D eigenvalue weighted by Crippen LogP contribution is -2.49. The van der Waals surface area contributed by atoms with Crippen LogP contribution in [0.5, 0.6) is 0 Å². The molecule has 0 aliphatic rings. The van der Waals surface area contributed by atoms with Crippen molar-refractivity contribution in [3.05, 3.63) is 29.8 Å². The largest absolute Gasteiger partial charge is 0.443 e. The number of carbonyl (C=O) groups excluding carboxylic acids is 2. The van der Waals surface area contributed by atoms with Crippen LogP contribution in [0.3, 0.4) is 0 Å². The van der Waals surface area contributed by atoms with Crippen molar-refractivity contribution in [3.8, 4) is 0 Å². The van der Waals surface area contributed by atoms with E-state index in [4.69, 9.17) is 15.2 Å². The molecule has 0 fully saturated rings. The summed E-state index contributed by atoms with van der Waals surface area (Å²) in [5.41, 5.74) is 8.11. The van der Waals surface area contributed by atoms with Crippen LogP contribution < -0.4 is 11.2 Å². The van der Waals surface area contributed by atoms with Crippen LogP contribution in [0.4, 0.5) is 15.3 Å². The van der Waals surface area contributed by atoms with Gasteiger partial charge in [0.15, 0.2) is 0 Å². The molecule has 0 aliphatic carbocycles. The number of nitrogens with two attached hydrogens (primary N) is 1. The second kappa shape index (κ2) is 7.42. The Hall–Kier alpha value is -2.44. The van der Waals surface area contributed by atoms with Gasteiger partial charge in [-0.25, -0.2) is 20.0 Å². The zero-order valence-electron chi connectivity index (χ0n) is 15.2. The van der Waals surface area contributed by atoms with Crippen LogP contribution in [0.2, 0.25) is 0 Å². The molecule has 0 aromatic heterocycles. The molecule has 0 spiro atoms. The monoisotopic (exact) mass is 337 g/mol. The Morgan fingerprint density at radius 2 is 1.67 bits per heavy atom. The number of benzene rings is 1. The molecule has 0 bridgehead atoms. The van der Waals surface area contributed by atoms with Gasteiger partial charge >= 0.3 is 12.2 Å². The Balaban J connectivity index is 2.90. The van der Waals surface area contributed by atoms with Gasteiger partial charge in [0, 0.05) is 5.69 Å². The van der Waals surface area contributed by atoms with Crippen LogP contribution in [0.15, 0.2) is 24.3 Å². The van der Waals surface area contributed by atoms with Crippen molar-refractivity contribution >= 4 is 17.9 Å². The lowest BCUT2D eigenvalue weighted by atomic mass is 10.2. The van der Waals surface area contributed by atoms with Crippen LogP contribution in [-0.4, -0.2) is 28.4 Å². The highest BCUT2D eigenvalue weighted by Gasteiger charge is 2.26. The lowest BCUT2D eigenvalue weighted by molar-refractivity contribution is -0.000652. The topological polar surface area (TPSA) is 93.9 Å². The molecule has 0 saturated carbocycles. The molecule has 1 aromatic carbocycles. The third kappa shape index (κ3) is 7.71. The first kappa shape index (κ1) is 19.6. The van der Waals surface area contributed by atoms with E-state index in [1.54, 1.807) is 65.8 Å². The SMILES string of the molecule is CC(C)(C)OC(=O)NN(Cc1cccc(N)c1)C(=O)OC(C)(C)C. The summed E-state index contributed by atoms with van der Waals surface area (Å²) in [4.78, 5) is 24.3. The van der Waals surface area contributed by atoms with Crippen LogP contribution in [-0.2, 0) is 16.0 Å². The first-order valence-corrected chi connectivity index (χ1v) is 7.70. The first-order valence-electron chi connectivity index (χ1n) is 7.70. The summed E-state index contributed by atoms with van der Waals surface area (Å²) in [5, 5.41) is 1.06. The summed E-state index contributed by atoms with van der Waals surface area (Å²) < 4.78 is 10.5. The first-order chi connectivity index (χ1) is 10.9. The summed E-state index contributed by atoms with van der Waals surface area (Å²) in [5.74, 6) is 0. The van der Waals surface area contributed by atoms with Gasteiger partial charge in [0.05, 0.1) is 6.54 Å². The number of ether oxygens (including phenoxy) is 2. The molecule has 134 valence electrons. The second-order valence-electron chi connectivity index (χ2n) is 7.43. The number of amides is 2. The summed E-state index contributed by atoms with van der Waals surface area (Å²) in [7, 11) is 0. The normalized spacial score (nSPS) is 11.6. The van der Waals surface area contributed by atoms with E-state index in [2.05, 4.69) is 5.43 Å². The minimum Gasteiger partial charge on any atom is -0.443 e. The van der Waals surface area contributed by atoms with Gasteiger partial charge in [-0.1, -0.05) is 12.1 Å². The Bertz CT molecular complexity index is 588. The van der Waals surface area contributed by atoms with E-state index < -0.39 is 23.4 Å². The van der Waals surface area contributed by atoms with E-state index >= 15 is 0 Å². The molecular formula is C17H27N3O4. The van der Waals surface area contributed by atoms with Crippen molar-refractivity contribution in [1.29, 1.82) is 0 Å². The molecule has 2 amide bonds. The minimum atomic E-state index is -0.739. The van der Waals surface area contributed by atoms with Gasteiger partial charge in [0.2, 0.25) is 0 Å². The molecule has 0 heterocycles. The molecule has 0 saturated heterocycles. The number of rotatable bonds is 2. The van der Waals surface area contributed by atoms with E-state index in [1.165, 1.54) is 0 Å². The molecule has 0 atom stereocenters. The molecule has 1 aromatic rings. The van der Waals surface area contributed by atoms with Crippen molar-refractivity contribution in [1.82, 2.24) is 10.4 Å². The second-order valence-corrected chi connectivity index (χ2v) is 7.43. The third-order valence-corrected chi connectivity index (χ3v) is 2.53. The molecule has 7 heteroatoms. The van der Waals surface area contributed by atoms with E-state index in [1.807, 2.05) is 0 Å². The molecule has 0 radical (unpaired) electrons. The molecule has 24 heavy (non-hydrogen) atoms. The summed E-state index contributed by atoms with van der Waals surface area (Å²) in [6.45, 7) is 10.6. The molecule has 0 unspecified atom stereocenters. The smallest absolute Gasteiger partial charge is 0.429 e. The van der Waals surface area contributed by atoms with E-state index in [9.17, 15) is 9.59 Å². The highest BCUT2D eigenvalue weighted by atomic mass is 16.6. The van der Waals surface area contributed by atoms with Crippen molar-refractivity contribution in [2.45, 2.75) is 59.3 Å². The lowest BCUT2D eigenvalue weighted by Gasteiger charge is -2.29. The highest BCUT2D eigenvalue weighted by molar-refractivity contribution is 5.74. The number of carbonyl (C=O) groups is 2. The quantitative estimate of drug-likeness (QED) is 0.637. The average molecular weight is 337 g/mol. The molecule has 0 aliphatic heterocycles. The summed E-state index contributed by atoms with van der Waals surface area (Å²) in [6.07, 6.45) is -1.42. The Morgan fingerprint density at radius 3 is 2.17 bits per heavy atom. The third-order valence-electron chi connectivity index (χ3n) is 2.53. The van der Waals surface area contributed by atoms with Crippen LogP contribution in [0, 0.1) is 0 Å². The standard InChI is InChI=1S/C17H27N3O4/c1-16(2,3)23-14(21)19-20(15(22)24-17(4,5)6)11-12-8-7-9-13(18)10-12/h7-10H,11,18H2,1-6H3,(H,19,21). The Labute approximate surface area is 143 Å². The number of hydrazine groups is 1. The van der Waals surface area contributed by atoms with Gasteiger partial charge in [-0.05, 0) is 59.2 Å². The zero-order valence-corrected chi connectivity index (χ0v) is 15.2. The van der Waals surface area contributed by atoms with E-state index in [0.717, 1.165) is 10.6 Å². The van der Waals surface area contributed by atoms with Crippen LogP contribution >= 0.6 is 0 Å². The fourth-order valence-electron chi connectivity index (χ4n) is 1.75. The van der Waals surface area contributed by atoms with Gasteiger partial charge < -0.3 is 15.2 Å².